The molecule has 0 saturated carbocycles. The molecule has 0 aliphatic carbocycles. The standard InChI is InChI=1S/C12H10ClN3O2/c1-7-4-12(18)15-6-11(17)14-9-5-8(13)2-3-10(9)16(7)15/h2-5H,6H2,1H3,(H,14,17). The molecule has 18 heavy (non-hydrogen) atoms. The fraction of sp³-hybridized carbons (Fsp3) is 0.167. The minimum atomic E-state index is -0.238. The molecule has 0 radical (unpaired) electrons. The van der Waals surface area contributed by atoms with Gasteiger partial charge in [0.05, 0.1) is 11.4 Å². The number of nitrogens with one attached hydrogen (secondary N) is 1. The van der Waals surface area contributed by atoms with Crippen molar-refractivity contribution in [2.45, 2.75) is 13.5 Å². The minimum absolute atomic E-state index is 0.00102. The van der Waals surface area contributed by atoms with Crippen LogP contribution in [0, 0.1) is 6.92 Å². The molecule has 2 aromatic rings. The third-order valence-electron chi connectivity index (χ3n) is 2.92. The number of hydrogen-bond donors (Lipinski definition) is 1. The van der Waals surface area contributed by atoms with E-state index in [9.17, 15) is 9.59 Å². The smallest absolute Gasteiger partial charge is 0.267 e. The zero-order chi connectivity index (χ0) is 12.9. The van der Waals surface area contributed by atoms with E-state index in [0.717, 1.165) is 11.4 Å². The third-order valence-corrected chi connectivity index (χ3v) is 3.15. The first-order valence-electron chi connectivity index (χ1n) is 5.45. The first kappa shape index (κ1) is 11.1. The summed E-state index contributed by atoms with van der Waals surface area (Å²) in [6, 6.07) is 6.70. The highest BCUT2D eigenvalue weighted by Crippen LogP contribution is 2.27. The number of halogens is 1. The van der Waals surface area contributed by atoms with Crippen molar-refractivity contribution in [1.82, 2.24) is 9.36 Å². The lowest BCUT2D eigenvalue weighted by Gasteiger charge is -2.11. The number of carbonyl (C=O) groups excluding carboxylic acids is 1. The van der Waals surface area contributed by atoms with Crippen LogP contribution < -0.4 is 10.9 Å². The van der Waals surface area contributed by atoms with Gasteiger partial charge >= 0.3 is 0 Å². The Balaban J connectivity index is 2.38. The molecule has 1 N–H and O–H groups in total. The van der Waals surface area contributed by atoms with Crippen LogP contribution in [0.1, 0.15) is 5.69 Å². The van der Waals surface area contributed by atoms with Gasteiger partial charge in [0.15, 0.2) is 0 Å². The zero-order valence-electron chi connectivity index (χ0n) is 9.61. The molecule has 3 rings (SSSR count). The van der Waals surface area contributed by atoms with Crippen LogP contribution in [0.4, 0.5) is 5.69 Å². The Bertz CT molecular complexity index is 715. The van der Waals surface area contributed by atoms with Gasteiger partial charge in [0, 0.05) is 16.8 Å². The molecule has 5 nitrogen and oxygen atoms in total. The van der Waals surface area contributed by atoms with Crippen LogP contribution in [0.15, 0.2) is 29.1 Å². The largest absolute Gasteiger partial charge is 0.323 e. The first-order valence-corrected chi connectivity index (χ1v) is 5.83. The van der Waals surface area contributed by atoms with Crippen molar-refractivity contribution in [1.29, 1.82) is 0 Å². The van der Waals surface area contributed by atoms with Gasteiger partial charge in [-0.25, -0.2) is 4.68 Å². The number of aromatic nitrogens is 2. The number of hydrogen-bond acceptors (Lipinski definition) is 2. The maximum atomic E-state index is 11.8. The van der Waals surface area contributed by atoms with E-state index in [1.165, 1.54) is 10.7 Å². The monoisotopic (exact) mass is 263 g/mol. The van der Waals surface area contributed by atoms with Gasteiger partial charge in [-0.05, 0) is 25.1 Å². The molecule has 2 heterocycles. The van der Waals surface area contributed by atoms with Crippen LogP contribution >= 0.6 is 11.6 Å². The predicted octanol–water partition coefficient (Wildman–Crippen LogP) is 1.55. The summed E-state index contributed by atoms with van der Waals surface area (Å²) in [6.45, 7) is 1.82. The molecule has 92 valence electrons. The summed E-state index contributed by atoms with van der Waals surface area (Å²) in [6.07, 6.45) is 0. The summed E-state index contributed by atoms with van der Waals surface area (Å²) in [5.74, 6) is -0.238. The Hall–Kier alpha value is -2.01. The Kier molecular flexibility index (Phi) is 2.31. The predicted molar refractivity (Wildman–Crippen MR) is 68.4 cm³/mol. The van der Waals surface area contributed by atoms with E-state index < -0.39 is 0 Å². The second-order valence-electron chi connectivity index (χ2n) is 4.20. The van der Waals surface area contributed by atoms with Gasteiger partial charge in [0.25, 0.3) is 5.56 Å². The van der Waals surface area contributed by atoms with Crippen LogP contribution in [0.25, 0.3) is 5.69 Å². The van der Waals surface area contributed by atoms with Gasteiger partial charge < -0.3 is 5.32 Å². The van der Waals surface area contributed by atoms with Gasteiger partial charge in [-0.1, -0.05) is 11.6 Å². The molecule has 1 aliphatic rings. The molecular formula is C12H10ClN3O2. The number of benzene rings is 1. The molecule has 6 heteroatoms. The lowest BCUT2D eigenvalue weighted by atomic mass is 10.2. The van der Waals surface area contributed by atoms with Crippen molar-refractivity contribution in [3.05, 3.63) is 45.3 Å². The molecule has 1 amide bonds. The fourth-order valence-corrected chi connectivity index (χ4v) is 2.36. The van der Waals surface area contributed by atoms with E-state index in [1.54, 1.807) is 22.9 Å². The van der Waals surface area contributed by atoms with Crippen LogP contribution in [-0.4, -0.2) is 15.3 Å². The fourth-order valence-electron chi connectivity index (χ4n) is 2.19. The van der Waals surface area contributed by atoms with Crippen LogP contribution in [-0.2, 0) is 11.3 Å². The van der Waals surface area contributed by atoms with Crippen molar-refractivity contribution in [2.75, 3.05) is 5.32 Å². The second-order valence-corrected chi connectivity index (χ2v) is 4.64. The lowest BCUT2D eigenvalue weighted by Crippen LogP contribution is -2.26. The SMILES string of the molecule is Cc1cc(=O)n2n1-c1ccc(Cl)cc1NC(=O)C2. The van der Waals surface area contributed by atoms with Crippen molar-refractivity contribution in [2.24, 2.45) is 0 Å². The van der Waals surface area contributed by atoms with E-state index >= 15 is 0 Å². The number of rotatable bonds is 0. The van der Waals surface area contributed by atoms with Crippen molar-refractivity contribution in [3.63, 3.8) is 0 Å². The Morgan fingerprint density at radius 1 is 1.28 bits per heavy atom. The normalized spacial score (nSPS) is 13.6. The zero-order valence-corrected chi connectivity index (χ0v) is 10.4. The average Bonchev–Trinajstić information content (AvgIpc) is 2.49. The van der Waals surface area contributed by atoms with Crippen LogP contribution in [0.5, 0.6) is 0 Å². The highest BCUT2D eigenvalue weighted by atomic mass is 35.5. The van der Waals surface area contributed by atoms with Gasteiger partial charge in [0.2, 0.25) is 5.91 Å². The quantitative estimate of drug-likeness (QED) is 0.784. The number of aryl methyl sites for hydroxylation is 1. The maximum Gasteiger partial charge on any atom is 0.267 e. The molecule has 1 aliphatic heterocycles. The van der Waals surface area contributed by atoms with Crippen LogP contribution in [0.2, 0.25) is 5.02 Å². The van der Waals surface area contributed by atoms with E-state index in [1.807, 2.05) is 6.92 Å². The summed E-state index contributed by atoms with van der Waals surface area (Å²) in [7, 11) is 0. The molecule has 0 bridgehead atoms. The number of carbonyl (C=O) groups is 1. The van der Waals surface area contributed by atoms with Gasteiger partial charge in [-0.15, -0.1) is 0 Å². The van der Waals surface area contributed by atoms with Crippen molar-refractivity contribution < 1.29 is 4.79 Å². The first-order chi connectivity index (χ1) is 8.56. The van der Waals surface area contributed by atoms with E-state index in [0.29, 0.717) is 10.7 Å². The van der Waals surface area contributed by atoms with Crippen molar-refractivity contribution >= 4 is 23.2 Å². The lowest BCUT2D eigenvalue weighted by molar-refractivity contribution is -0.116. The number of amides is 1. The molecule has 0 fully saturated rings. The van der Waals surface area contributed by atoms with Gasteiger partial charge in [-0.2, -0.15) is 0 Å². The summed E-state index contributed by atoms with van der Waals surface area (Å²) in [5, 5.41) is 3.28. The second kappa shape index (κ2) is 3.74. The topological polar surface area (TPSA) is 56.0 Å². The molecule has 0 saturated heterocycles. The highest BCUT2D eigenvalue weighted by Gasteiger charge is 2.20. The molecule has 1 aromatic heterocycles. The van der Waals surface area contributed by atoms with Crippen molar-refractivity contribution in [3.8, 4) is 5.69 Å². The van der Waals surface area contributed by atoms with E-state index in [-0.39, 0.29) is 18.0 Å². The summed E-state index contributed by atoms with van der Waals surface area (Å²) in [4.78, 5) is 23.5. The molecule has 0 atom stereocenters. The highest BCUT2D eigenvalue weighted by molar-refractivity contribution is 6.31. The van der Waals surface area contributed by atoms with Gasteiger partial charge in [-0.3, -0.25) is 14.3 Å². The number of fused-ring (bicyclic) bond motifs is 3. The number of anilines is 1. The van der Waals surface area contributed by atoms with Gasteiger partial charge in [0.1, 0.15) is 6.54 Å². The Morgan fingerprint density at radius 2 is 2.06 bits per heavy atom. The number of nitrogens with zero attached hydrogens (tertiary/aromatic N) is 2. The van der Waals surface area contributed by atoms with E-state index in [4.69, 9.17) is 11.6 Å². The molecular weight excluding hydrogens is 254 g/mol. The maximum absolute atomic E-state index is 11.8. The summed E-state index contributed by atoms with van der Waals surface area (Å²) >= 11 is 5.92. The third kappa shape index (κ3) is 1.55. The minimum Gasteiger partial charge on any atom is -0.323 e. The molecule has 1 aromatic carbocycles. The van der Waals surface area contributed by atoms with E-state index in [2.05, 4.69) is 5.32 Å². The molecule has 0 unspecified atom stereocenters. The van der Waals surface area contributed by atoms with Crippen LogP contribution in [0.3, 0.4) is 0 Å². The molecule has 0 spiro atoms. The average molecular weight is 264 g/mol. The Morgan fingerprint density at radius 3 is 2.83 bits per heavy atom. The summed E-state index contributed by atoms with van der Waals surface area (Å²) in [5.41, 5.74) is 1.94. The Labute approximate surface area is 108 Å². The summed E-state index contributed by atoms with van der Waals surface area (Å²) < 4.78 is 3.14.